The molecule has 0 aliphatic carbocycles. The summed E-state index contributed by atoms with van der Waals surface area (Å²) < 4.78 is 10.5. The molecule has 1 heterocycles. The predicted octanol–water partition coefficient (Wildman–Crippen LogP) is 2.95. The van der Waals surface area contributed by atoms with Gasteiger partial charge >= 0.3 is 5.97 Å². The lowest BCUT2D eigenvalue weighted by atomic mass is 10.0. The number of benzene rings is 2. The molecule has 3 rings (SSSR count). The second kappa shape index (κ2) is 8.63. The molecule has 0 radical (unpaired) electrons. The molecule has 1 amide bonds. The summed E-state index contributed by atoms with van der Waals surface area (Å²) in [7, 11) is 1.34. The van der Waals surface area contributed by atoms with E-state index in [0.29, 0.717) is 30.8 Å². The second-order valence-corrected chi connectivity index (χ2v) is 6.34. The number of hydrogen-bond donors (Lipinski definition) is 0. The molecule has 5 heteroatoms. The van der Waals surface area contributed by atoms with Gasteiger partial charge in [0.2, 0.25) is 0 Å². The van der Waals surface area contributed by atoms with Crippen LogP contribution in [-0.4, -0.2) is 49.7 Å². The Morgan fingerprint density at radius 1 is 1.08 bits per heavy atom. The molecule has 0 saturated carbocycles. The SMILES string of the molecule is COC(=O)c1ccc(C(=O)N2CCO[C@@H](CCc3ccccc3)C2)cc1. The van der Waals surface area contributed by atoms with Crippen LogP contribution in [0.25, 0.3) is 0 Å². The first-order valence-corrected chi connectivity index (χ1v) is 8.80. The van der Waals surface area contributed by atoms with Crippen molar-refractivity contribution in [1.82, 2.24) is 4.90 Å². The zero-order chi connectivity index (χ0) is 18.4. The molecule has 0 spiro atoms. The van der Waals surface area contributed by atoms with Gasteiger partial charge < -0.3 is 14.4 Å². The molecule has 1 aliphatic rings. The third-order valence-electron chi connectivity index (χ3n) is 4.58. The number of ether oxygens (including phenoxy) is 2. The fourth-order valence-corrected chi connectivity index (χ4v) is 3.10. The van der Waals surface area contributed by atoms with Gasteiger partial charge in [-0.05, 0) is 42.7 Å². The monoisotopic (exact) mass is 353 g/mol. The van der Waals surface area contributed by atoms with Gasteiger partial charge in [-0.2, -0.15) is 0 Å². The number of amides is 1. The molecule has 0 N–H and O–H groups in total. The van der Waals surface area contributed by atoms with Crippen LogP contribution in [0.2, 0.25) is 0 Å². The highest BCUT2D eigenvalue weighted by atomic mass is 16.5. The van der Waals surface area contributed by atoms with Gasteiger partial charge in [-0.1, -0.05) is 30.3 Å². The summed E-state index contributed by atoms with van der Waals surface area (Å²) in [4.78, 5) is 26.0. The zero-order valence-electron chi connectivity index (χ0n) is 14.9. The second-order valence-electron chi connectivity index (χ2n) is 6.34. The largest absolute Gasteiger partial charge is 0.465 e. The lowest BCUT2D eigenvalue weighted by Gasteiger charge is -2.33. The molecule has 1 saturated heterocycles. The van der Waals surface area contributed by atoms with E-state index >= 15 is 0 Å². The zero-order valence-corrected chi connectivity index (χ0v) is 14.9. The van der Waals surface area contributed by atoms with E-state index in [1.807, 2.05) is 23.1 Å². The third-order valence-corrected chi connectivity index (χ3v) is 4.58. The minimum absolute atomic E-state index is 0.0329. The van der Waals surface area contributed by atoms with Gasteiger partial charge in [0.1, 0.15) is 0 Å². The van der Waals surface area contributed by atoms with Crippen molar-refractivity contribution < 1.29 is 19.1 Å². The van der Waals surface area contributed by atoms with Crippen molar-refractivity contribution in [2.24, 2.45) is 0 Å². The van der Waals surface area contributed by atoms with E-state index in [1.54, 1.807) is 24.3 Å². The number of nitrogens with zero attached hydrogens (tertiary/aromatic N) is 1. The van der Waals surface area contributed by atoms with Crippen LogP contribution in [0.1, 0.15) is 32.7 Å². The Labute approximate surface area is 153 Å². The standard InChI is InChI=1S/C21H23NO4/c1-25-21(24)18-10-8-17(9-11-18)20(23)22-13-14-26-19(15-22)12-7-16-5-3-2-4-6-16/h2-6,8-11,19H,7,12-15H2,1H3/t19-/m0/s1. The summed E-state index contributed by atoms with van der Waals surface area (Å²) >= 11 is 0. The van der Waals surface area contributed by atoms with E-state index < -0.39 is 5.97 Å². The van der Waals surface area contributed by atoms with Crippen LogP contribution >= 0.6 is 0 Å². The molecule has 2 aromatic rings. The summed E-state index contributed by atoms with van der Waals surface area (Å²) in [5.74, 6) is -0.439. The minimum Gasteiger partial charge on any atom is -0.465 e. The highest BCUT2D eigenvalue weighted by Crippen LogP contribution is 2.16. The molecule has 2 aromatic carbocycles. The Balaban J connectivity index is 1.58. The number of methoxy groups -OCH3 is 1. The predicted molar refractivity (Wildman–Crippen MR) is 98.2 cm³/mol. The highest BCUT2D eigenvalue weighted by molar-refractivity contribution is 5.96. The summed E-state index contributed by atoms with van der Waals surface area (Å²) in [6.45, 7) is 1.72. The lowest BCUT2D eigenvalue weighted by Crippen LogP contribution is -2.45. The van der Waals surface area contributed by atoms with E-state index in [4.69, 9.17) is 4.74 Å². The van der Waals surface area contributed by atoms with Gasteiger partial charge in [-0.15, -0.1) is 0 Å². The molecule has 1 fully saturated rings. The van der Waals surface area contributed by atoms with Gasteiger partial charge in [0, 0.05) is 18.7 Å². The van der Waals surface area contributed by atoms with Gasteiger partial charge in [-0.3, -0.25) is 4.79 Å². The van der Waals surface area contributed by atoms with Crippen LogP contribution < -0.4 is 0 Å². The molecule has 0 unspecified atom stereocenters. The Morgan fingerprint density at radius 2 is 1.77 bits per heavy atom. The maximum atomic E-state index is 12.7. The number of hydrogen-bond acceptors (Lipinski definition) is 4. The number of aryl methyl sites for hydroxylation is 1. The van der Waals surface area contributed by atoms with Crippen molar-refractivity contribution in [1.29, 1.82) is 0 Å². The number of esters is 1. The molecule has 0 bridgehead atoms. The number of rotatable bonds is 5. The van der Waals surface area contributed by atoms with Crippen LogP contribution in [0.3, 0.4) is 0 Å². The molecule has 1 aliphatic heterocycles. The van der Waals surface area contributed by atoms with Gasteiger partial charge in [0.15, 0.2) is 0 Å². The smallest absolute Gasteiger partial charge is 0.337 e. The van der Waals surface area contributed by atoms with Crippen molar-refractivity contribution in [2.45, 2.75) is 18.9 Å². The van der Waals surface area contributed by atoms with Crippen molar-refractivity contribution in [3.05, 3.63) is 71.3 Å². The minimum atomic E-state index is -0.406. The van der Waals surface area contributed by atoms with Crippen molar-refractivity contribution in [3.8, 4) is 0 Å². The van der Waals surface area contributed by atoms with E-state index in [1.165, 1.54) is 12.7 Å². The van der Waals surface area contributed by atoms with E-state index in [-0.39, 0.29) is 12.0 Å². The number of morpholine rings is 1. The molecule has 0 aromatic heterocycles. The van der Waals surface area contributed by atoms with Gasteiger partial charge in [0.25, 0.3) is 5.91 Å². The van der Waals surface area contributed by atoms with Crippen LogP contribution in [0.5, 0.6) is 0 Å². The molecular formula is C21H23NO4. The Hall–Kier alpha value is -2.66. The van der Waals surface area contributed by atoms with E-state index in [9.17, 15) is 9.59 Å². The molecule has 5 nitrogen and oxygen atoms in total. The quantitative estimate of drug-likeness (QED) is 0.776. The van der Waals surface area contributed by atoms with Crippen molar-refractivity contribution in [2.75, 3.05) is 26.8 Å². The maximum absolute atomic E-state index is 12.7. The van der Waals surface area contributed by atoms with Gasteiger partial charge in [0.05, 0.1) is 25.4 Å². The fraction of sp³-hybridized carbons (Fsp3) is 0.333. The fourth-order valence-electron chi connectivity index (χ4n) is 3.10. The van der Waals surface area contributed by atoms with E-state index in [0.717, 1.165) is 12.8 Å². The topological polar surface area (TPSA) is 55.8 Å². The Morgan fingerprint density at radius 3 is 2.46 bits per heavy atom. The van der Waals surface area contributed by atoms with Crippen LogP contribution in [0.15, 0.2) is 54.6 Å². The van der Waals surface area contributed by atoms with Crippen molar-refractivity contribution >= 4 is 11.9 Å². The molecular weight excluding hydrogens is 330 g/mol. The Bertz CT molecular complexity index is 742. The normalized spacial score (nSPS) is 17.0. The van der Waals surface area contributed by atoms with E-state index in [2.05, 4.69) is 16.9 Å². The average Bonchev–Trinajstić information content (AvgIpc) is 2.72. The first kappa shape index (κ1) is 18.1. The summed E-state index contributed by atoms with van der Waals surface area (Å²) in [5, 5.41) is 0. The highest BCUT2D eigenvalue weighted by Gasteiger charge is 2.25. The third kappa shape index (κ3) is 4.49. The first-order valence-electron chi connectivity index (χ1n) is 8.80. The molecule has 1 atom stereocenters. The summed E-state index contributed by atoms with van der Waals surface area (Å²) in [5.41, 5.74) is 2.28. The molecule has 136 valence electrons. The van der Waals surface area contributed by atoms with Crippen molar-refractivity contribution in [3.63, 3.8) is 0 Å². The Kier molecular flexibility index (Phi) is 6.02. The van der Waals surface area contributed by atoms with Crippen LogP contribution in [0, 0.1) is 0 Å². The van der Waals surface area contributed by atoms with Crippen LogP contribution in [0.4, 0.5) is 0 Å². The summed E-state index contributed by atoms with van der Waals surface area (Å²) in [6, 6.07) is 16.9. The average molecular weight is 353 g/mol. The lowest BCUT2D eigenvalue weighted by molar-refractivity contribution is -0.0246. The molecule has 26 heavy (non-hydrogen) atoms. The summed E-state index contributed by atoms with van der Waals surface area (Å²) in [6.07, 6.45) is 1.86. The number of carbonyl (C=O) groups excluding carboxylic acids is 2. The van der Waals surface area contributed by atoms with Crippen LogP contribution in [-0.2, 0) is 15.9 Å². The maximum Gasteiger partial charge on any atom is 0.337 e. The van der Waals surface area contributed by atoms with Gasteiger partial charge in [-0.25, -0.2) is 4.79 Å². The first-order chi connectivity index (χ1) is 12.7. The number of carbonyl (C=O) groups is 2.